The van der Waals surface area contributed by atoms with Crippen molar-refractivity contribution in [2.24, 2.45) is 5.10 Å². The number of benzene rings is 1. The van der Waals surface area contributed by atoms with E-state index in [9.17, 15) is 14.9 Å². The number of nitro groups is 1. The highest BCUT2D eigenvalue weighted by Crippen LogP contribution is 2.21. The Balaban J connectivity index is 1.95. The first-order valence-corrected chi connectivity index (χ1v) is 6.98. The summed E-state index contributed by atoms with van der Waals surface area (Å²) in [6.07, 6.45) is 2.52. The average molecular weight is 383 g/mol. The molecule has 0 radical (unpaired) electrons. The first-order valence-electron chi connectivity index (χ1n) is 6.19. The van der Waals surface area contributed by atoms with Gasteiger partial charge < -0.3 is 14.9 Å². The lowest BCUT2D eigenvalue weighted by Gasteiger charge is -2.04. The van der Waals surface area contributed by atoms with E-state index >= 15 is 0 Å². The lowest BCUT2D eigenvalue weighted by Crippen LogP contribution is -2.23. The minimum absolute atomic E-state index is 0.242. The van der Waals surface area contributed by atoms with Gasteiger partial charge in [-0.25, -0.2) is 5.43 Å². The van der Waals surface area contributed by atoms with Gasteiger partial charge in [-0.3, -0.25) is 4.79 Å². The number of hydrogen-bond acceptors (Lipinski definition) is 7. The van der Waals surface area contributed by atoms with Gasteiger partial charge in [-0.05, 0) is 23.1 Å². The molecule has 0 spiro atoms. The number of aromatic nitrogens is 3. The molecular formula is C12H11BrN6O4. The number of ether oxygens (including phenoxy) is 1. The van der Waals surface area contributed by atoms with Crippen molar-refractivity contribution in [1.82, 2.24) is 20.2 Å². The average Bonchev–Trinajstić information content (AvgIpc) is 2.96. The molecule has 0 bridgehead atoms. The highest BCUT2D eigenvalue weighted by molar-refractivity contribution is 9.10. The van der Waals surface area contributed by atoms with E-state index in [0.29, 0.717) is 11.3 Å². The number of hydrogen-bond donors (Lipinski definition) is 1. The van der Waals surface area contributed by atoms with Crippen LogP contribution in [0, 0.1) is 10.1 Å². The van der Waals surface area contributed by atoms with Crippen LogP contribution in [-0.4, -0.2) is 38.9 Å². The summed E-state index contributed by atoms with van der Waals surface area (Å²) in [7, 11) is 1.52. The topological polar surface area (TPSA) is 125 Å². The van der Waals surface area contributed by atoms with Crippen molar-refractivity contribution in [3.8, 4) is 5.75 Å². The predicted molar refractivity (Wildman–Crippen MR) is 83.1 cm³/mol. The Morgan fingerprint density at radius 2 is 2.39 bits per heavy atom. The zero-order valence-electron chi connectivity index (χ0n) is 11.8. The molecule has 0 atom stereocenters. The highest BCUT2D eigenvalue weighted by Gasteiger charge is 2.14. The lowest BCUT2D eigenvalue weighted by atomic mass is 10.2. The molecule has 2 aromatic rings. The number of nitrogens with one attached hydrogen (secondary N) is 1. The summed E-state index contributed by atoms with van der Waals surface area (Å²) >= 11 is 3.33. The van der Waals surface area contributed by atoms with E-state index in [1.54, 1.807) is 12.1 Å². The van der Waals surface area contributed by atoms with E-state index in [1.807, 2.05) is 6.07 Å². The van der Waals surface area contributed by atoms with Crippen LogP contribution in [0.25, 0.3) is 0 Å². The number of halogens is 1. The number of carbonyl (C=O) groups is 1. The Bertz CT molecular complexity index is 760. The summed E-state index contributed by atoms with van der Waals surface area (Å²) in [6.45, 7) is -0.242. The Labute approximate surface area is 138 Å². The number of hydrazone groups is 1. The quantitative estimate of drug-likeness (QED) is 0.453. The van der Waals surface area contributed by atoms with Gasteiger partial charge in [-0.15, -0.1) is 0 Å². The van der Waals surface area contributed by atoms with Crippen LogP contribution in [0.15, 0.2) is 34.1 Å². The normalized spacial score (nSPS) is 10.7. The number of rotatable bonds is 6. The largest absolute Gasteiger partial charge is 0.496 e. The SMILES string of the molecule is COc1ccc(Br)cc1/C=N/NC(=O)Cn1cnc([N+](=O)[O-])n1. The van der Waals surface area contributed by atoms with Gasteiger partial charge in [0, 0.05) is 15.1 Å². The summed E-state index contributed by atoms with van der Waals surface area (Å²) in [6, 6.07) is 5.34. The zero-order chi connectivity index (χ0) is 16.8. The Morgan fingerprint density at radius 3 is 3.04 bits per heavy atom. The molecule has 10 nitrogen and oxygen atoms in total. The molecule has 0 aliphatic carbocycles. The summed E-state index contributed by atoms with van der Waals surface area (Å²) in [4.78, 5) is 24.8. The Hall–Kier alpha value is -2.82. The van der Waals surface area contributed by atoms with E-state index in [-0.39, 0.29) is 6.54 Å². The molecule has 1 heterocycles. The predicted octanol–water partition coefficient (Wildman–Crippen LogP) is 1.11. The fraction of sp³-hybridized carbons (Fsp3) is 0.167. The molecule has 120 valence electrons. The van der Waals surface area contributed by atoms with Crippen molar-refractivity contribution in [2.75, 3.05) is 7.11 Å². The van der Waals surface area contributed by atoms with Gasteiger partial charge in [0.05, 0.1) is 13.3 Å². The molecule has 1 N–H and O–H groups in total. The van der Waals surface area contributed by atoms with Gasteiger partial charge in [-0.2, -0.15) is 9.78 Å². The molecule has 0 aliphatic heterocycles. The molecule has 23 heavy (non-hydrogen) atoms. The highest BCUT2D eigenvalue weighted by atomic mass is 79.9. The molecule has 11 heteroatoms. The molecule has 1 aromatic heterocycles. The molecule has 0 aliphatic rings. The molecule has 1 aromatic carbocycles. The molecule has 0 fully saturated rings. The smallest absolute Gasteiger partial charge is 0.490 e. The zero-order valence-corrected chi connectivity index (χ0v) is 13.4. The van der Waals surface area contributed by atoms with E-state index < -0.39 is 16.8 Å². The summed E-state index contributed by atoms with van der Waals surface area (Å²) in [5, 5.41) is 17.8. The van der Waals surface area contributed by atoms with Gasteiger partial charge in [0.15, 0.2) is 0 Å². The number of amides is 1. The van der Waals surface area contributed by atoms with Crippen molar-refractivity contribution in [1.29, 1.82) is 0 Å². The summed E-state index contributed by atoms with van der Waals surface area (Å²) < 4.78 is 7.05. The molecule has 0 saturated heterocycles. The maximum Gasteiger partial charge on any atom is 0.490 e. The second kappa shape index (κ2) is 7.45. The van der Waals surface area contributed by atoms with E-state index in [2.05, 4.69) is 36.5 Å². The van der Waals surface area contributed by atoms with Crippen LogP contribution in [0.4, 0.5) is 5.95 Å². The van der Waals surface area contributed by atoms with Crippen molar-refractivity contribution in [2.45, 2.75) is 6.54 Å². The van der Waals surface area contributed by atoms with Crippen LogP contribution in [-0.2, 0) is 11.3 Å². The number of nitrogens with zero attached hydrogens (tertiary/aromatic N) is 5. The minimum atomic E-state index is -0.744. The van der Waals surface area contributed by atoms with Gasteiger partial charge in [-0.1, -0.05) is 20.9 Å². The molecule has 0 saturated carbocycles. The second-order valence-corrected chi connectivity index (χ2v) is 5.09. The maximum absolute atomic E-state index is 11.7. The first-order chi connectivity index (χ1) is 11.0. The number of carbonyl (C=O) groups excluding carboxylic acids is 1. The fourth-order valence-corrected chi connectivity index (χ4v) is 1.99. The van der Waals surface area contributed by atoms with Gasteiger partial charge in [0.25, 0.3) is 5.91 Å². The van der Waals surface area contributed by atoms with Crippen LogP contribution < -0.4 is 10.2 Å². The minimum Gasteiger partial charge on any atom is -0.496 e. The van der Waals surface area contributed by atoms with Crippen molar-refractivity contribution >= 4 is 34.0 Å². The third-order valence-corrected chi connectivity index (χ3v) is 3.07. The van der Waals surface area contributed by atoms with Crippen molar-refractivity contribution in [3.05, 3.63) is 44.7 Å². The number of methoxy groups -OCH3 is 1. The van der Waals surface area contributed by atoms with Gasteiger partial charge in [0.2, 0.25) is 6.33 Å². The van der Waals surface area contributed by atoms with Crippen LogP contribution >= 0.6 is 15.9 Å². The molecule has 0 unspecified atom stereocenters. The van der Waals surface area contributed by atoms with E-state index in [1.165, 1.54) is 13.3 Å². The maximum atomic E-state index is 11.7. The fourth-order valence-electron chi connectivity index (χ4n) is 1.61. The van der Waals surface area contributed by atoms with Gasteiger partial charge >= 0.3 is 5.95 Å². The third-order valence-electron chi connectivity index (χ3n) is 2.58. The lowest BCUT2D eigenvalue weighted by molar-refractivity contribution is -0.394. The van der Waals surface area contributed by atoms with E-state index in [0.717, 1.165) is 15.5 Å². The molecule has 1 amide bonds. The third kappa shape index (κ3) is 4.57. The van der Waals surface area contributed by atoms with Crippen LogP contribution in [0.3, 0.4) is 0 Å². The Kier molecular flexibility index (Phi) is 5.36. The molecule has 2 rings (SSSR count). The van der Waals surface area contributed by atoms with Crippen molar-refractivity contribution < 1.29 is 14.5 Å². The monoisotopic (exact) mass is 382 g/mol. The van der Waals surface area contributed by atoms with Crippen LogP contribution in [0.5, 0.6) is 5.75 Å². The Morgan fingerprint density at radius 1 is 1.61 bits per heavy atom. The standard InChI is InChI=1S/C12H11BrN6O4/c1-23-10-3-2-9(13)4-8(10)5-15-16-11(20)6-18-7-14-12(17-18)19(21)22/h2-5,7H,6H2,1H3,(H,16,20)/b15-5+. The van der Waals surface area contributed by atoms with Gasteiger partial charge in [0.1, 0.15) is 12.3 Å². The second-order valence-electron chi connectivity index (χ2n) is 4.18. The molecular weight excluding hydrogens is 372 g/mol. The van der Waals surface area contributed by atoms with Crippen LogP contribution in [0.1, 0.15) is 5.56 Å². The summed E-state index contributed by atoms with van der Waals surface area (Å²) in [5.41, 5.74) is 2.96. The van der Waals surface area contributed by atoms with E-state index in [4.69, 9.17) is 4.74 Å². The first kappa shape index (κ1) is 16.5. The summed E-state index contributed by atoms with van der Waals surface area (Å²) in [5.74, 6) is -0.478. The van der Waals surface area contributed by atoms with Crippen molar-refractivity contribution in [3.63, 3.8) is 0 Å². The van der Waals surface area contributed by atoms with Crippen LogP contribution in [0.2, 0.25) is 0 Å².